The highest BCUT2D eigenvalue weighted by Crippen LogP contribution is 2.25. The van der Waals surface area contributed by atoms with E-state index in [0.717, 1.165) is 28.3 Å². The smallest absolute Gasteiger partial charge is 0.276 e. The third-order valence-electron chi connectivity index (χ3n) is 4.86. The van der Waals surface area contributed by atoms with Crippen LogP contribution in [-0.2, 0) is 11.3 Å². The predicted molar refractivity (Wildman–Crippen MR) is 116 cm³/mol. The Bertz CT molecular complexity index is 1160. The molecule has 3 heterocycles. The molecular weight excluding hydrogens is 408 g/mol. The fraction of sp³-hybridized carbons (Fsp3) is 0.190. The Morgan fingerprint density at radius 3 is 2.69 bits per heavy atom. The monoisotopic (exact) mass is 426 g/mol. The number of benzene rings is 1. The van der Waals surface area contributed by atoms with Crippen LogP contribution in [0.2, 0.25) is 5.02 Å². The fourth-order valence-electron chi connectivity index (χ4n) is 3.41. The molecule has 1 aromatic carbocycles. The third kappa shape index (κ3) is 3.59. The summed E-state index contributed by atoms with van der Waals surface area (Å²) in [5, 5.41) is 8.08. The van der Waals surface area contributed by atoms with Gasteiger partial charge < -0.3 is 9.84 Å². The minimum absolute atomic E-state index is 0.183. The lowest BCUT2D eigenvalue weighted by Crippen LogP contribution is -2.30. The Balaban J connectivity index is 1.63. The average Bonchev–Trinajstić information content (AvgIpc) is 3.29. The molecule has 0 saturated carbocycles. The van der Waals surface area contributed by atoms with Crippen molar-refractivity contribution in [1.82, 2.24) is 19.9 Å². The molecule has 1 N–H and O–H groups in total. The van der Waals surface area contributed by atoms with E-state index >= 15 is 0 Å². The van der Waals surface area contributed by atoms with Crippen LogP contribution in [0, 0.1) is 20.8 Å². The molecule has 29 heavy (non-hydrogen) atoms. The molecule has 1 aliphatic heterocycles. The van der Waals surface area contributed by atoms with Crippen LogP contribution in [0.4, 0.5) is 0 Å². The molecule has 0 bridgehead atoms. The number of carbonyl (C=O) groups excluding carboxylic acids is 1. The van der Waals surface area contributed by atoms with Crippen molar-refractivity contribution < 1.29 is 9.32 Å². The van der Waals surface area contributed by atoms with Gasteiger partial charge in [-0.25, -0.2) is 0 Å². The molecule has 0 spiro atoms. The summed E-state index contributed by atoms with van der Waals surface area (Å²) in [6, 6.07) is 11.3. The van der Waals surface area contributed by atoms with E-state index in [0.29, 0.717) is 28.2 Å². The third-order valence-corrected chi connectivity index (χ3v) is 5.55. The Morgan fingerprint density at radius 2 is 2.00 bits per heavy atom. The molecule has 1 amide bonds. The van der Waals surface area contributed by atoms with Crippen molar-refractivity contribution in [2.75, 3.05) is 0 Å². The second-order valence-electron chi connectivity index (χ2n) is 6.93. The minimum atomic E-state index is -0.183. The van der Waals surface area contributed by atoms with E-state index in [1.807, 2.05) is 61.7 Å². The summed E-state index contributed by atoms with van der Waals surface area (Å²) < 4.78 is 7.18. The van der Waals surface area contributed by atoms with Gasteiger partial charge in [-0.1, -0.05) is 35.0 Å². The first-order chi connectivity index (χ1) is 13.8. The van der Waals surface area contributed by atoms with E-state index in [4.69, 9.17) is 28.3 Å². The summed E-state index contributed by atoms with van der Waals surface area (Å²) in [6.07, 6.45) is 1.81. The van der Waals surface area contributed by atoms with Crippen LogP contribution in [0.25, 0.3) is 11.9 Å². The summed E-state index contributed by atoms with van der Waals surface area (Å²) in [5.74, 6) is 1.27. The zero-order chi connectivity index (χ0) is 20.7. The van der Waals surface area contributed by atoms with E-state index in [-0.39, 0.29) is 5.91 Å². The van der Waals surface area contributed by atoms with Crippen LogP contribution >= 0.6 is 23.8 Å². The molecule has 4 rings (SSSR count). The Morgan fingerprint density at radius 1 is 1.24 bits per heavy atom. The van der Waals surface area contributed by atoms with Gasteiger partial charge in [0.15, 0.2) is 10.9 Å². The summed E-state index contributed by atoms with van der Waals surface area (Å²) in [4.78, 5) is 14.5. The van der Waals surface area contributed by atoms with Crippen LogP contribution < -0.4 is 5.32 Å². The van der Waals surface area contributed by atoms with Gasteiger partial charge in [-0.3, -0.25) is 14.3 Å². The van der Waals surface area contributed by atoms with Crippen molar-refractivity contribution in [3.8, 4) is 5.82 Å². The molecule has 148 valence electrons. The van der Waals surface area contributed by atoms with Crippen molar-refractivity contribution in [2.24, 2.45) is 0 Å². The van der Waals surface area contributed by atoms with E-state index in [1.165, 1.54) is 4.90 Å². The number of hydrogen-bond acceptors (Lipinski definition) is 4. The topological polar surface area (TPSA) is 63.3 Å². The number of halogens is 1. The summed E-state index contributed by atoms with van der Waals surface area (Å²) in [5.41, 5.74) is 4.12. The fourth-order valence-corrected chi connectivity index (χ4v) is 3.87. The van der Waals surface area contributed by atoms with Crippen molar-refractivity contribution in [3.05, 3.63) is 75.4 Å². The molecule has 6 nitrogen and oxygen atoms in total. The molecule has 2 aromatic heterocycles. The van der Waals surface area contributed by atoms with Crippen molar-refractivity contribution in [1.29, 1.82) is 0 Å². The molecule has 0 radical (unpaired) electrons. The maximum Gasteiger partial charge on any atom is 0.276 e. The van der Waals surface area contributed by atoms with Gasteiger partial charge in [0, 0.05) is 22.5 Å². The summed E-state index contributed by atoms with van der Waals surface area (Å²) in [7, 11) is 0. The molecule has 1 fully saturated rings. The first-order valence-electron chi connectivity index (χ1n) is 9.05. The van der Waals surface area contributed by atoms with Crippen LogP contribution in [0.3, 0.4) is 0 Å². The molecule has 0 atom stereocenters. The van der Waals surface area contributed by atoms with Crippen LogP contribution in [0.1, 0.15) is 28.3 Å². The van der Waals surface area contributed by atoms with Gasteiger partial charge in [0.2, 0.25) is 0 Å². The Hall–Kier alpha value is -2.90. The van der Waals surface area contributed by atoms with Gasteiger partial charge in [-0.2, -0.15) is 0 Å². The summed E-state index contributed by atoms with van der Waals surface area (Å²) in [6.45, 7) is 6.13. The first kappa shape index (κ1) is 19.4. The molecule has 3 aromatic rings. The lowest BCUT2D eigenvalue weighted by atomic mass is 10.2. The quantitative estimate of drug-likeness (QED) is 0.497. The highest BCUT2D eigenvalue weighted by molar-refractivity contribution is 7.80. The largest absolute Gasteiger partial charge is 0.360 e. The molecule has 8 heteroatoms. The van der Waals surface area contributed by atoms with Crippen LogP contribution in [-0.4, -0.2) is 25.6 Å². The Labute approximate surface area is 178 Å². The van der Waals surface area contributed by atoms with Gasteiger partial charge in [0.1, 0.15) is 11.5 Å². The van der Waals surface area contributed by atoms with Crippen LogP contribution in [0.15, 0.2) is 46.6 Å². The van der Waals surface area contributed by atoms with Gasteiger partial charge >= 0.3 is 0 Å². The van der Waals surface area contributed by atoms with E-state index in [9.17, 15) is 4.79 Å². The molecular formula is C21H19ClN4O2S. The maximum absolute atomic E-state index is 12.9. The number of carbonyl (C=O) groups is 1. The van der Waals surface area contributed by atoms with E-state index in [1.54, 1.807) is 6.07 Å². The zero-order valence-electron chi connectivity index (χ0n) is 16.2. The van der Waals surface area contributed by atoms with Crippen molar-refractivity contribution >= 4 is 40.9 Å². The van der Waals surface area contributed by atoms with Crippen molar-refractivity contribution in [3.63, 3.8) is 0 Å². The molecule has 1 aliphatic rings. The van der Waals surface area contributed by atoms with Crippen molar-refractivity contribution in [2.45, 2.75) is 27.3 Å². The summed E-state index contributed by atoms with van der Waals surface area (Å²) >= 11 is 11.6. The van der Waals surface area contributed by atoms with Crippen LogP contribution in [0.5, 0.6) is 0 Å². The lowest BCUT2D eigenvalue weighted by molar-refractivity contribution is -0.122. The molecule has 0 aliphatic carbocycles. The highest BCUT2D eigenvalue weighted by atomic mass is 35.5. The Kier molecular flexibility index (Phi) is 5.02. The standard InChI is InChI=1S/C21H19ClN4O2S/c1-12-8-16(14(3)26(12)19-9-13(2)28-24-19)10-18-20(27)25(21(29)23-18)11-15-6-4-5-7-17(15)22/h4-10H,11H2,1-3H3,(H,23,29)/b18-10+. The average molecular weight is 427 g/mol. The number of nitrogens with one attached hydrogen (secondary N) is 1. The van der Waals surface area contributed by atoms with Gasteiger partial charge in [-0.15, -0.1) is 0 Å². The minimum Gasteiger partial charge on any atom is -0.360 e. The lowest BCUT2D eigenvalue weighted by Gasteiger charge is -2.14. The van der Waals surface area contributed by atoms with Gasteiger partial charge in [0.05, 0.1) is 6.54 Å². The maximum atomic E-state index is 12.9. The molecule has 0 unspecified atom stereocenters. The number of rotatable bonds is 4. The van der Waals surface area contributed by atoms with Gasteiger partial charge in [-0.05, 0) is 62.3 Å². The first-order valence-corrected chi connectivity index (χ1v) is 9.84. The van der Waals surface area contributed by atoms with E-state index < -0.39 is 0 Å². The number of aromatic nitrogens is 2. The SMILES string of the molecule is Cc1cc(-n2c(C)cc(/C=C3/NC(=S)N(Cc4ccccc4Cl)C3=O)c2C)no1. The number of hydrogen-bond donors (Lipinski definition) is 1. The zero-order valence-corrected chi connectivity index (χ0v) is 17.8. The number of aryl methyl sites for hydroxylation is 2. The highest BCUT2D eigenvalue weighted by Gasteiger charge is 2.31. The second-order valence-corrected chi connectivity index (χ2v) is 7.72. The second kappa shape index (κ2) is 7.50. The molecule has 1 saturated heterocycles. The normalized spacial score (nSPS) is 15.4. The number of amides is 1. The number of thiocarbonyl (C=S) groups is 1. The van der Waals surface area contributed by atoms with E-state index in [2.05, 4.69) is 10.5 Å². The van der Waals surface area contributed by atoms with Gasteiger partial charge in [0.25, 0.3) is 5.91 Å². The predicted octanol–water partition coefficient (Wildman–Crippen LogP) is 4.30. The number of nitrogens with zero attached hydrogens (tertiary/aromatic N) is 3.